The van der Waals surface area contributed by atoms with Gasteiger partial charge in [0, 0.05) is 28.3 Å². The molecule has 6 nitrogen and oxygen atoms in total. The van der Waals surface area contributed by atoms with Crippen LogP contribution >= 0.6 is 0 Å². The van der Waals surface area contributed by atoms with Crippen molar-refractivity contribution in [2.45, 2.75) is 6.61 Å². The zero-order chi connectivity index (χ0) is 28.9. The van der Waals surface area contributed by atoms with E-state index >= 15 is 0 Å². The minimum absolute atomic E-state index is 0.0752. The highest BCUT2D eigenvalue weighted by Gasteiger charge is 2.09. The first-order valence-electron chi connectivity index (χ1n) is 13.0. The average molecular weight is 545 g/mol. The fourth-order valence-corrected chi connectivity index (χ4v) is 4.09. The molecule has 0 unspecified atom stereocenters. The standard InChI is InChI=1S/C22H22N2O3.C13H10O/c1-25-20-13-12-19(14-21(20)26-2)27-15-16-8-10-18(11-9-16)22(24-23)17-6-4-3-5-7-17;14-13(11-7-3-1-4-8-11)12-9-5-2-6-10-12/h3-14H,15,23H2,1-2H3;1-10H. The highest BCUT2D eigenvalue weighted by Crippen LogP contribution is 2.31. The first kappa shape index (κ1) is 28.6. The molecule has 5 aromatic rings. The highest BCUT2D eigenvalue weighted by molar-refractivity contribution is 6.12. The predicted molar refractivity (Wildman–Crippen MR) is 163 cm³/mol. The first-order chi connectivity index (χ1) is 20.1. The van der Waals surface area contributed by atoms with E-state index in [2.05, 4.69) is 5.10 Å². The number of hydrogen-bond donors (Lipinski definition) is 1. The molecule has 0 aromatic heterocycles. The molecule has 0 saturated carbocycles. The summed E-state index contributed by atoms with van der Waals surface area (Å²) in [6, 6.07) is 41.9. The maximum Gasteiger partial charge on any atom is 0.193 e. The summed E-state index contributed by atoms with van der Waals surface area (Å²) in [4.78, 5) is 11.8. The summed E-state index contributed by atoms with van der Waals surface area (Å²) in [5.74, 6) is 7.70. The minimum Gasteiger partial charge on any atom is -0.493 e. The van der Waals surface area contributed by atoms with Gasteiger partial charge in [0.25, 0.3) is 0 Å². The van der Waals surface area contributed by atoms with Crippen molar-refractivity contribution in [3.05, 3.63) is 161 Å². The smallest absolute Gasteiger partial charge is 0.193 e. The molecule has 0 atom stereocenters. The molecular weight excluding hydrogens is 512 g/mol. The second-order valence-corrected chi connectivity index (χ2v) is 8.91. The number of nitrogens with two attached hydrogens (primary N) is 1. The van der Waals surface area contributed by atoms with Crippen molar-refractivity contribution in [3.8, 4) is 17.2 Å². The Morgan fingerprint density at radius 2 is 1.10 bits per heavy atom. The molecule has 5 rings (SSSR count). The molecule has 0 heterocycles. The molecular formula is C35H32N2O4. The van der Waals surface area contributed by atoms with Crippen molar-refractivity contribution in [1.82, 2.24) is 0 Å². The molecule has 2 N–H and O–H groups in total. The quantitative estimate of drug-likeness (QED) is 0.0943. The summed E-state index contributed by atoms with van der Waals surface area (Å²) in [6.45, 7) is 0.441. The van der Waals surface area contributed by atoms with Crippen LogP contribution in [0.25, 0.3) is 0 Å². The zero-order valence-corrected chi connectivity index (χ0v) is 23.1. The first-order valence-corrected chi connectivity index (χ1v) is 13.0. The molecule has 0 saturated heterocycles. The Morgan fingerprint density at radius 1 is 0.610 bits per heavy atom. The topological polar surface area (TPSA) is 83.1 Å². The van der Waals surface area contributed by atoms with E-state index in [0.717, 1.165) is 33.5 Å². The number of ether oxygens (including phenoxy) is 3. The van der Waals surface area contributed by atoms with Crippen molar-refractivity contribution in [1.29, 1.82) is 0 Å². The fraction of sp³-hybridized carbons (Fsp3) is 0.0857. The molecule has 0 amide bonds. The zero-order valence-electron chi connectivity index (χ0n) is 23.1. The van der Waals surface area contributed by atoms with Crippen molar-refractivity contribution in [2.24, 2.45) is 10.9 Å². The lowest BCUT2D eigenvalue weighted by atomic mass is 10.0. The van der Waals surface area contributed by atoms with Gasteiger partial charge in [0.05, 0.1) is 19.9 Å². The molecule has 5 aromatic carbocycles. The second-order valence-electron chi connectivity index (χ2n) is 8.91. The van der Waals surface area contributed by atoms with Crippen molar-refractivity contribution in [3.63, 3.8) is 0 Å². The average Bonchev–Trinajstić information content (AvgIpc) is 3.06. The van der Waals surface area contributed by atoms with Crippen molar-refractivity contribution in [2.75, 3.05) is 14.2 Å². The Kier molecular flexibility index (Phi) is 10.3. The Balaban J connectivity index is 0.000000231. The molecule has 0 aliphatic carbocycles. The van der Waals surface area contributed by atoms with Gasteiger partial charge in [0.2, 0.25) is 0 Å². The third kappa shape index (κ3) is 7.83. The van der Waals surface area contributed by atoms with Crippen LogP contribution in [0.4, 0.5) is 0 Å². The predicted octanol–water partition coefficient (Wildman–Crippen LogP) is 6.91. The second kappa shape index (κ2) is 14.7. The van der Waals surface area contributed by atoms with Crippen LogP contribution in [0.3, 0.4) is 0 Å². The number of ketones is 1. The molecule has 0 bridgehead atoms. The number of hydrazone groups is 1. The van der Waals surface area contributed by atoms with Crippen LogP contribution in [0.5, 0.6) is 17.2 Å². The lowest BCUT2D eigenvalue weighted by molar-refractivity contribution is 0.103. The largest absolute Gasteiger partial charge is 0.493 e. The van der Waals surface area contributed by atoms with Gasteiger partial charge in [-0.1, -0.05) is 115 Å². The molecule has 0 spiro atoms. The number of benzene rings is 5. The van der Waals surface area contributed by atoms with E-state index in [1.807, 2.05) is 133 Å². The van der Waals surface area contributed by atoms with Crippen LogP contribution in [-0.2, 0) is 6.61 Å². The van der Waals surface area contributed by atoms with E-state index in [9.17, 15) is 4.79 Å². The number of methoxy groups -OCH3 is 2. The van der Waals surface area contributed by atoms with Crippen LogP contribution in [-0.4, -0.2) is 25.7 Å². The Labute approximate surface area is 240 Å². The van der Waals surface area contributed by atoms with Crippen molar-refractivity contribution >= 4 is 11.5 Å². The third-order valence-corrected chi connectivity index (χ3v) is 6.24. The van der Waals surface area contributed by atoms with Gasteiger partial charge in [-0.3, -0.25) is 4.79 Å². The molecule has 0 radical (unpaired) electrons. The highest BCUT2D eigenvalue weighted by atomic mass is 16.5. The molecule has 0 aliphatic heterocycles. The molecule has 6 heteroatoms. The van der Waals surface area contributed by atoms with Gasteiger partial charge in [-0.05, 0) is 17.7 Å². The molecule has 0 aliphatic rings. The van der Waals surface area contributed by atoms with Crippen LogP contribution in [0.15, 0.2) is 139 Å². The van der Waals surface area contributed by atoms with E-state index in [4.69, 9.17) is 20.1 Å². The van der Waals surface area contributed by atoms with E-state index in [1.165, 1.54) is 0 Å². The number of carbonyl (C=O) groups excluding carboxylic acids is 1. The van der Waals surface area contributed by atoms with E-state index < -0.39 is 0 Å². The SMILES string of the molecule is COc1ccc(OCc2ccc(C(=NN)c3ccccc3)cc2)cc1OC.O=C(c1ccccc1)c1ccccc1. The van der Waals surface area contributed by atoms with Gasteiger partial charge in [0.15, 0.2) is 17.3 Å². The third-order valence-electron chi connectivity index (χ3n) is 6.24. The Bertz CT molecular complexity index is 1510. The summed E-state index contributed by atoms with van der Waals surface area (Å²) in [7, 11) is 3.21. The summed E-state index contributed by atoms with van der Waals surface area (Å²) < 4.78 is 16.4. The molecule has 41 heavy (non-hydrogen) atoms. The number of rotatable bonds is 9. The van der Waals surface area contributed by atoms with Gasteiger partial charge >= 0.3 is 0 Å². The number of nitrogens with zero attached hydrogens (tertiary/aromatic N) is 1. The van der Waals surface area contributed by atoms with Gasteiger partial charge in [-0.15, -0.1) is 0 Å². The number of carbonyl (C=O) groups is 1. The van der Waals surface area contributed by atoms with E-state index in [0.29, 0.717) is 23.9 Å². The minimum atomic E-state index is 0.0752. The molecule has 0 fully saturated rings. The van der Waals surface area contributed by atoms with Crippen LogP contribution in [0.1, 0.15) is 32.6 Å². The van der Waals surface area contributed by atoms with Crippen molar-refractivity contribution < 1.29 is 19.0 Å². The van der Waals surface area contributed by atoms with Crippen LogP contribution in [0.2, 0.25) is 0 Å². The van der Waals surface area contributed by atoms with Gasteiger partial charge in [0.1, 0.15) is 12.4 Å². The number of hydrogen-bond acceptors (Lipinski definition) is 6. The fourth-order valence-electron chi connectivity index (χ4n) is 4.09. The van der Waals surface area contributed by atoms with E-state index in [-0.39, 0.29) is 5.78 Å². The normalized spacial score (nSPS) is 10.6. The Hall–Kier alpha value is -5.36. The van der Waals surface area contributed by atoms with Gasteiger partial charge in [-0.25, -0.2) is 0 Å². The van der Waals surface area contributed by atoms with E-state index in [1.54, 1.807) is 14.2 Å². The van der Waals surface area contributed by atoms with Gasteiger partial charge < -0.3 is 20.1 Å². The maximum atomic E-state index is 11.8. The lowest BCUT2D eigenvalue weighted by Crippen LogP contribution is -2.06. The van der Waals surface area contributed by atoms with Gasteiger partial charge in [-0.2, -0.15) is 5.10 Å². The lowest BCUT2D eigenvalue weighted by Gasteiger charge is -2.11. The summed E-state index contributed by atoms with van der Waals surface area (Å²) in [6.07, 6.45) is 0. The summed E-state index contributed by atoms with van der Waals surface area (Å²) >= 11 is 0. The molecule has 206 valence electrons. The summed E-state index contributed by atoms with van der Waals surface area (Å²) in [5.41, 5.74) is 5.20. The summed E-state index contributed by atoms with van der Waals surface area (Å²) in [5, 5.41) is 3.95. The monoisotopic (exact) mass is 544 g/mol. The Morgan fingerprint density at radius 3 is 1.59 bits per heavy atom. The maximum absolute atomic E-state index is 11.8. The van der Waals surface area contributed by atoms with Crippen LogP contribution in [0, 0.1) is 0 Å². The van der Waals surface area contributed by atoms with Crippen LogP contribution < -0.4 is 20.1 Å².